The zero-order valence-electron chi connectivity index (χ0n) is 12.4. The lowest BCUT2D eigenvalue weighted by atomic mass is 10.1. The molecule has 0 radical (unpaired) electrons. The second kappa shape index (κ2) is 6.39. The van der Waals surface area contributed by atoms with Gasteiger partial charge < -0.3 is 13.7 Å². The second-order valence-electron chi connectivity index (χ2n) is 4.84. The molecular weight excluding hydrogens is 272 g/mol. The van der Waals surface area contributed by atoms with E-state index in [1.54, 1.807) is 24.0 Å². The van der Waals surface area contributed by atoms with Crippen molar-refractivity contribution in [1.29, 1.82) is 0 Å². The van der Waals surface area contributed by atoms with Gasteiger partial charge in [-0.15, -0.1) is 0 Å². The number of hydrogen-bond acceptors (Lipinski definition) is 5. The molecular formula is C15H18N2O4. The van der Waals surface area contributed by atoms with Crippen LogP contribution in [0.4, 0.5) is 0 Å². The predicted octanol–water partition coefficient (Wildman–Crippen LogP) is 1.41. The number of pyridine rings is 1. The normalized spacial score (nSPS) is 10.6. The van der Waals surface area contributed by atoms with Crippen LogP contribution >= 0.6 is 0 Å². The number of nitrogens with zero attached hydrogens (tertiary/aromatic N) is 2. The fourth-order valence-electron chi connectivity index (χ4n) is 2.08. The van der Waals surface area contributed by atoms with Crippen LogP contribution in [0, 0.1) is 13.8 Å². The van der Waals surface area contributed by atoms with Gasteiger partial charge in [0, 0.05) is 31.6 Å². The smallest absolute Gasteiger partial charge is 0.310 e. The molecule has 0 fully saturated rings. The summed E-state index contributed by atoms with van der Waals surface area (Å²) in [5.41, 5.74) is 1.90. The zero-order chi connectivity index (χ0) is 15.4. The highest BCUT2D eigenvalue weighted by molar-refractivity contribution is 5.72. The van der Waals surface area contributed by atoms with Crippen molar-refractivity contribution in [2.45, 2.75) is 33.2 Å². The SMILES string of the molecule is COC(=O)Cc1c(C)ccn(CCc2coc(C)n2)c1=O. The van der Waals surface area contributed by atoms with E-state index in [2.05, 4.69) is 9.72 Å². The minimum atomic E-state index is -0.417. The Kier molecular flexibility index (Phi) is 4.57. The quantitative estimate of drug-likeness (QED) is 0.778. The molecule has 112 valence electrons. The molecule has 6 nitrogen and oxygen atoms in total. The molecule has 0 amide bonds. The van der Waals surface area contributed by atoms with Crippen LogP contribution in [0.25, 0.3) is 0 Å². The Morgan fingerprint density at radius 3 is 2.81 bits per heavy atom. The summed E-state index contributed by atoms with van der Waals surface area (Å²) < 4.78 is 11.3. The summed E-state index contributed by atoms with van der Waals surface area (Å²) >= 11 is 0. The number of carbonyl (C=O) groups is 1. The van der Waals surface area contributed by atoms with Crippen LogP contribution in [-0.4, -0.2) is 22.6 Å². The third-order valence-corrected chi connectivity index (χ3v) is 3.32. The summed E-state index contributed by atoms with van der Waals surface area (Å²) in [6.07, 6.45) is 3.90. The van der Waals surface area contributed by atoms with E-state index in [9.17, 15) is 9.59 Å². The Morgan fingerprint density at radius 1 is 1.43 bits per heavy atom. The molecule has 0 atom stereocenters. The van der Waals surface area contributed by atoms with Crippen LogP contribution in [0.1, 0.15) is 22.7 Å². The molecule has 0 spiro atoms. The second-order valence-corrected chi connectivity index (χ2v) is 4.84. The molecule has 0 aliphatic heterocycles. The van der Waals surface area contributed by atoms with Gasteiger partial charge in [0.1, 0.15) is 6.26 Å². The molecule has 0 saturated carbocycles. The first-order chi connectivity index (χ1) is 10.0. The molecule has 21 heavy (non-hydrogen) atoms. The Hall–Kier alpha value is -2.37. The highest BCUT2D eigenvalue weighted by Gasteiger charge is 2.12. The van der Waals surface area contributed by atoms with Crippen LogP contribution in [0.3, 0.4) is 0 Å². The van der Waals surface area contributed by atoms with Crippen molar-refractivity contribution in [3.63, 3.8) is 0 Å². The molecule has 0 N–H and O–H groups in total. The third kappa shape index (κ3) is 3.59. The van der Waals surface area contributed by atoms with Crippen molar-refractivity contribution in [3.05, 3.63) is 51.6 Å². The van der Waals surface area contributed by atoms with E-state index in [1.807, 2.05) is 13.0 Å². The summed E-state index contributed by atoms with van der Waals surface area (Å²) in [7, 11) is 1.31. The first kappa shape index (κ1) is 15.0. The van der Waals surface area contributed by atoms with Crippen molar-refractivity contribution in [2.75, 3.05) is 7.11 Å². The number of aryl methyl sites for hydroxylation is 4. The molecule has 2 heterocycles. The van der Waals surface area contributed by atoms with Crippen LogP contribution in [0.5, 0.6) is 0 Å². The van der Waals surface area contributed by atoms with E-state index >= 15 is 0 Å². The van der Waals surface area contributed by atoms with Gasteiger partial charge in [-0.3, -0.25) is 9.59 Å². The maximum Gasteiger partial charge on any atom is 0.310 e. The monoisotopic (exact) mass is 290 g/mol. The summed E-state index contributed by atoms with van der Waals surface area (Å²) in [5, 5.41) is 0. The number of carbonyl (C=O) groups excluding carboxylic acids is 1. The van der Waals surface area contributed by atoms with E-state index in [4.69, 9.17) is 4.42 Å². The molecule has 2 rings (SSSR count). The Balaban J connectivity index is 2.18. The van der Waals surface area contributed by atoms with Crippen LogP contribution in [0.15, 0.2) is 27.7 Å². The van der Waals surface area contributed by atoms with E-state index < -0.39 is 5.97 Å². The first-order valence-electron chi connectivity index (χ1n) is 6.68. The lowest BCUT2D eigenvalue weighted by Gasteiger charge is -2.09. The van der Waals surface area contributed by atoms with Gasteiger partial charge in [0.05, 0.1) is 19.2 Å². The van der Waals surface area contributed by atoms with Gasteiger partial charge in [-0.25, -0.2) is 4.98 Å². The fraction of sp³-hybridized carbons (Fsp3) is 0.400. The zero-order valence-corrected chi connectivity index (χ0v) is 12.4. The van der Waals surface area contributed by atoms with Gasteiger partial charge >= 0.3 is 5.97 Å². The van der Waals surface area contributed by atoms with Gasteiger partial charge in [0.2, 0.25) is 0 Å². The molecule has 2 aromatic heterocycles. The number of methoxy groups -OCH3 is 1. The minimum Gasteiger partial charge on any atom is -0.469 e. The van der Waals surface area contributed by atoms with Crippen molar-refractivity contribution >= 4 is 5.97 Å². The number of aromatic nitrogens is 2. The average molecular weight is 290 g/mol. The molecule has 0 unspecified atom stereocenters. The average Bonchev–Trinajstić information content (AvgIpc) is 2.88. The lowest BCUT2D eigenvalue weighted by Crippen LogP contribution is -2.27. The van der Waals surface area contributed by atoms with Crippen molar-refractivity contribution in [2.24, 2.45) is 0 Å². The number of esters is 1. The summed E-state index contributed by atoms with van der Waals surface area (Å²) in [6.45, 7) is 4.07. The van der Waals surface area contributed by atoms with Gasteiger partial charge in [0.15, 0.2) is 5.89 Å². The molecule has 0 bridgehead atoms. The molecule has 6 heteroatoms. The third-order valence-electron chi connectivity index (χ3n) is 3.32. The van der Waals surface area contributed by atoms with Gasteiger partial charge in [-0.2, -0.15) is 0 Å². The molecule has 0 saturated heterocycles. The van der Waals surface area contributed by atoms with Crippen LogP contribution < -0.4 is 5.56 Å². The topological polar surface area (TPSA) is 74.3 Å². The van der Waals surface area contributed by atoms with Gasteiger partial charge in [-0.1, -0.05) is 0 Å². The lowest BCUT2D eigenvalue weighted by molar-refractivity contribution is -0.139. The van der Waals surface area contributed by atoms with Crippen LogP contribution in [-0.2, 0) is 28.9 Å². The van der Waals surface area contributed by atoms with E-state index in [0.717, 1.165) is 11.3 Å². The Labute approximate surface area is 122 Å². The standard InChI is InChI=1S/C15H18N2O4/c1-10-4-6-17(7-5-12-9-21-11(2)16-12)15(19)13(10)8-14(18)20-3/h4,6,9H,5,7-8H2,1-3H3. The number of ether oxygens (including phenoxy) is 1. The molecule has 2 aromatic rings. The van der Waals surface area contributed by atoms with E-state index in [1.165, 1.54) is 7.11 Å². The highest BCUT2D eigenvalue weighted by Crippen LogP contribution is 2.06. The number of rotatable bonds is 5. The maximum absolute atomic E-state index is 12.4. The first-order valence-corrected chi connectivity index (χ1v) is 6.68. The van der Waals surface area contributed by atoms with Crippen molar-refractivity contribution in [1.82, 2.24) is 9.55 Å². The van der Waals surface area contributed by atoms with E-state index in [-0.39, 0.29) is 12.0 Å². The molecule has 0 aliphatic rings. The number of hydrogen-bond donors (Lipinski definition) is 0. The largest absolute Gasteiger partial charge is 0.469 e. The van der Waals surface area contributed by atoms with E-state index in [0.29, 0.717) is 24.4 Å². The Bertz CT molecular complexity index is 700. The summed E-state index contributed by atoms with van der Waals surface area (Å²) in [5.74, 6) is 0.188. The summed E-state index contributed by atoms with van der Waals surface area (Å²) in [6, 6.07) is 1.83. The Morgan fingerprint density at radius 2 is 2.19 bits per heavy atom. The van der Waals surface area contributed by atoms with Crippen LogP contribution in [0.2, 0.25) is 0 Å². The molecule has 0 aliphatic carbocycles. The number of oxazole rings is 1. The van der Waals surface area contributed by atoms with Crippen molar-refractivity contribution in [3.8, 4) is 0 Å². The minimum absolute atomic E-state index is 0.00885. The maximum atomic E-state index is 12.4. The highest BCUT2D eigenvalue weighted by atomic mass is 16.5. The van der Waals surface area contributed by atoms with Gasteiger partial charge in [0.25, 0.3) is 5.56 Å². The predicted molar refractivity (Wildman–Crippen MR) is 76.1 cm³/mol. The molecule has 0 aromatic carbocycles. The van der Waals surface area contributed by atoms with Crippen molar-refractivity contribution < 1.29 is 13.9 Å². The van der Waals surface area contributed by atoms with Gasteiger partial charge in [-0.05, 0) is 18.6 Å². The fourth-order valence-corrected chi connectivity index (χ4v) is 2.08. The summed E-state index contributed by atoms with van der Waals surface area (Å²) in [4.78, 5) is 28.0.